The Morgan fingerprint density at radius 3 is 2.86 bits per heavy atom. The number of carbonyl (C=O) groups excluding carboxylic acids is 1. The van der Waals surface area contributed by atoms with E-state index in [1.165, 1.54) is 30.7 Å². The molecule has 1 aliphatic heterocycles. The summed E-state index contributed by atoms with van der Waals surface area (Å²) in [7, 11) is 0. The third-order valence-electron chi connectivity index (χ3n) is 4.96. The summed E-state index contributed by atoms with van der Waals surface area (Å²) in [5.41, 5.74) is 0.833. The summed E-state index contributed by atoms with van der Waals surface area (Å²) in [6.45, 7) is 2.70. The van der Waals surface area contributed by atoms with Crippen molar-refractivity contribution in [2.24, 2.45) is 5.92 Å². The molecule has 1 aromatic heterocycles. The Labute approximate surface area is 135 Å². The van der Waals surface area contributed by atoms with Crippen LogP contribution in [0.25, 0.3) is 0 Å². The standard InChI is InChI=1S/C17H24N2O2S/c20-17(19-13-3-5-21-6-4-13)12-7-16(22-10-12)14-8-15(14)18-9-11-1-2-11/h7,10-11,13-15,18H,1-6,8-9H2,(H,19,20)/t14?,15-/m1/s1. The zero-order valence-corrected chi connectivity index (χ0v) is 13.7. The maximum absolute atomic E-state index is 12.3. The normalized spacial score (nSPS) is 28.5. The van der Waals surface area contributed by atoms with E-state index in [1.807, 2.05) is 5.38 Å². The minimum Gasteiger partial charge on any atom is -0.381 e. The lowest BCUT2D eigenvalue weighted by molar-refractivity contribution is 0.0696. The lowest BCUT2D eigenvalue weighted by atomic mass is 10.1. The van der Waals surface area contributed by atoms with Crippen LogP contribution in [0.4, 0.5) is 0 Å². The van der Waals surface area contributed by atoms with Crippen molar-refractivity contribution < 1.29 is 9.53 Å². The number of nitrogens with one attached hydrogen (secondary N) is 2. The first-order valence-corrected chi connectivity index (χ1v) is 9.38. The molecule has 3 aliphatic rings. The smallest absolute Gasteiger partial charge is 0.252 e. The van der Waals surface area contributed by atoms with Gasteiger partial charge in [-0.3, -0.25) is 4.79 Å². The number of hydrogen-bond acceptors (Lipinski definition) is 4. The third-order valence-corrected chi connectivity index (χ3v) is 6.02. The molecule has 2 saturated carbocycles. The van der Waals surface area contributed by atoms with E-state index >= 15 is 0 Å². The Kier molecular flexibility index (Phi) is 4.20. The van der Waals surface area contributed by atoms with Crippen LogP contribution in [0.15, 0.2) is 11.4 Å². The van der Waals surface area contributed by atoms with Crippen molar-refractivity contribution in [1.29, 1.82) is 0 Å². The second-order valence-corrected chi connectivity index (χ2v) is 7.84. The number of rotatable bonds is 6. The van der Waals surface area contributed by atoms with Gasteiger partial charge in [-0.05, 0) is 50.6 Å². The molecule has 0 bridgehead atoms. The maximum atomic E-state index is 12.3. The molecule has 4 rings (SSSR count). The highest BCUT2D eigenvalue weighted by Crippen LogP contribution is 2.44. The van der Waals surface area contributed by atoms with Gasteiger partial charge < -0.3 is 15.4 Å². The Hall–Kier alpha value is -0.910. The molecule has 1 aromatic rings. The molecule has 5 heteroatoms. The molecule has 0 radical (unpaired) electrons. The molecular formula is C17H24N2O2S. The number of carbonyl (C=O) groups is 1. The summed E-state index contributed by atoms with van der Waals surface area (Å²) in [6.07, 6.45) is 5.89. The molecule has 1 unspecified atom stereocenters. The summed E-state index contributed by atoms with van der Waals surface area (Å²) >= 11 is 1.74. The summed E-state index contributed by atoms with van der Waals surface area (Å²) in [5, 5.41) is 8.82. The predicted octanol–water partition coefficient (Wildman–Crippen LogP) is 2.51. The van der Waals surface area contributed by atoms with E-state index in [9.17, 15) is 4.79 Å². The molecule has 1 amide bonds. The maximum Gasteiger partial charge on any atom is 0.252 e. The van der Waals surface area contributed by atoms with Crippen LogP contribution in [0.2, 0.25) is 0 Å². The molecule has 4 nitrogen and oxygen atoms in total. The first kappa shape index (κ1) is 14.7. The predicted molar refractivity (Wildman–Crippen MR) is 87.5 cm³/mol. The highest BCUT2D eigenvalue weighted by atomic mass is 32.1. The SMILES string of the molecule is O=C(NC1CCOCC1)c1csc(C2C[C@H]2NCC2CC2)c1. The second kappa shape index (κ2) is 6.30. The van der Waals surface area contributed by atoms with Crippen LogP contribution in [0.3, 0.4) is 0 Å². The zero-order chi connectivity index (χ0) is 14.9. The first-order valence-electron chi connectivity index (χ1n) is 8.50. The highest BCUT2D eigenvalue weighted by Gasteiger charge is 2.40. The van der Waals surface area contributed by atoms with Crippen molar-refractivity contribution in [3.63, 3.8) is 0 Å². The lowest BCUT2D eigenvalue weighted by Crippen LogP contribution is -2.38. The molecule has 120 valence electrons. The summed E-state index contributed by atoms with van der Waals surface area (Å²) in [5.74, 6) is 1.65. The largest absolute Gasteiger partial charge is 0.381 e. The van der Waals surface area contributed by atoms with Crippen molar-refractivity contribution in [3.8, 4) is 0 Å². The van der Waals surface area contributed by atoms with Crippen molar-refractivity contribution in [3.05, 3.63) is 21.9 Å². The lowest BCUT2D eigenvalue weighted by Gasteiger charge is -2.22. The molecule has 0 aromatic carbocycles. The fourth-order valence-electron chi connectivity index (χ4n) is 3.15. The van der Waals surface area contributed by atoms with Gasteiger partial charge in [-0.15, -0.1) is 11.3 Å². The van der Waals surface area contributed by atoms with Crippen molar-refractivity contribution in [2.45, 2.75) is 50.1 Å². The average molecular weight is 320 g/mol. The van der Waals surface area contributed by atoms with Gasteiger partial charge in [-0.1, -0.05) is 0 Å². The van der Waals surface area contributed by atoms with Crippen molar-refractivity contribution >= 4 is 17.2 Å². The van der Waals surface area contributed by atoms with Crippen molar-refractivity contribution in [1.82, 2.24) is 10.6 Å². The second-order valence-electron chi connectivity index (χ2n) is 6.90. The number of amides is 1. The highest BCUT2D eigenvalue weighted by molar-refractivity contribution is 7.10. The van der Waals surface area contributed by atoms with Crippen LogP contribution in [-0.2, 0) is 4.74 Å². The van der Waals surface area contributed by atoms with Gasteiger partial charge in [-0.2, -0.15) is 0 Å². The summed E-state index contributed by atoms with van der Waals surface area (Å²) < 4.78 is 5.33. The molecule has 3 fully saturated rings. The number of hydrogen-bond donors (Lipinski definition) is 2. The van der Waals surface area contributed by atoms with E-state index in [0.717, 1.165) is 37.5 Å². The molecule has 2 N–H and O–H groups in total. The van der Waals surface area contributed by atoms with Gasteiger partial charge >= 0.3 is 0 Å². The van der Waals surface area contributed by atoms with E-state index in [4.69, 9.17) is 4.74 Å². The van der Waals surface area contributed by atoms with E-state index in [1.54, 1.807) is 11.3 Å². The molecule has 1 saturated heterocycles. The Morgan fingerprint density at radius 1 is 1.27 bits per heavy atom. The quantitative estimate of drug-likeness (QED) is 0.847. The molecule has 0 spiro atoms. The Bertz CT molecular complexity index is 535. The monoisotopic (exact) mass is 320 g/mol. The Balaban J connectivity index is 1.28. The fraction of sp³-hybridized carbons (Fsp3) is 0.706. The fourth-order valence-corrected chi connectivity index (χ4v) is 4.22. The van der Waals surface area contributed by atoms with Crippen molar-refractivity contribution in [2.75, 3.05) is 19.8 Å². The number of thiophene rings is 1. The van der Waals surface area contributed by atoms with Gasteiger partial charge in [0.1, 0.15) is 0 Å². The summed E-state index contributed by atoms with van der Waals surface area (Å²) in [4.78, 5) is 13.7. The topological polar surface area (TPSA) is 50.4 Å². The van der Waals surface area contributed by atoms with Crippen LogP contribution in [0.5, 0.6) is 0 Å². The van der Waals surface area contributed by atoms with E-state index in [2.05, 4.69) is 16.7 Å². The minimum absolute atomic E-state index is 0.0811. The van der Waals surface area contributed by atoms with Crippen LogP contribution < -0.4 is 10.6 Å². The molecule has 22 heavy (non-hydrogen) atoms. The molecule has 2 atom stereocenters. The van der Waals surface area contributed by atoms with Gasteiger partial charge in [0.2, 0.25) is 0 Å². The van der Waals surface area contributed by atoms with Crippen LogP contribution >= 0.6 is 11.3 Å². The summed E-state index contributed by atoms with van der Waals surface area (Å²) in [6, 6.07) is 3.02. The van der Waals surface area contributed by atoms with Gasteiger partial charge in [0.15, 0.2) is 0 Å². The van der Waals surface area contributed by atoms with E-state index in [0.29, 0.717) is 12.0 Å². The molecular weight excluding hydrogens is 296 g/mol. The van der Waals surface area contributed by atoms with Gasteiger partial charge in [0, 0.05) is 41.5 Å². The van der Waals surface area contributed by atoms with Gasteiger partial charge in [-0.25, -0.2) is 0 Å². The van der Waals surface area contributed by atoms with Gasteiger partial charge in [0.25, 0.3) is 5.91 Å². The minimum atomic E-state index is 0.0811. The third kappa shape index (κ3) is 3.53. The Morgan fingerprint density at radius 2 is 2.09 bits per heavy atom. The number of ether oxygens (including phenoxy) is 1. The molecule has 2 aliphatic carbocycles. The van der Waals surface area contributed by atoms with Crippen LogP contribution in [-0.4, -0.2) is 37.7 Å². The zero-order valence-electron chi connectivity index (χ0n) is 12.8. The van der Waals surface area contributed by atoms with Crippen LogP contribution in [0, 0.1) is 5.92 Å². The molecule has 2 heterocycles. The average Bonchev–Trinajstić information content (AvgIpc) is 3.45. The van der Waals surface area contributed by atoms with E-state index in [-0.39, 0.29) is 11.9 Å². The first-order chi connectivity index (χ1) is 10.8. The van der Waals surface area contributed by atoms with Crippen LogP contribution in [0.1, 0.15) is 53.3 Å². The van der Waals surface area contributed by atoms with E-state index < -0.39 is 0 Å². The van der Waals surface area contributed by atoms with Gasteiger partial charge in [0.05, 0.1) is 5.56 Å².